The molecule has 0 N–H and O–H groups in total. The van der Waals surface area contributed by atoms with Gasteiger partial charge in [0.15, 0.2) is 0 Å². The quantitative estimate of drug-likeness (QED) is 0.515. The number of hydrogen-bond donors (Lipinski definition) is 0. The third-order valence-corrected chi connectivity index (χ3v) is 4.85. The minimum atomic E-state index is -0.353. The number of fused-ring (bicyclic) bond motifs is 1. The van der Waals surface area contributed by atoms with Crippen LogP contribution in [0, 0.1) is 0 Å². The van der Waals surface area contributed by atoms with Crippen LogP contribution in [0.3, 0.4) is 0 Å². The van der Waals surface area contributed by atoms with Gasteiger partial charge in [-0.2, -0.15) is 0 Å². The predicted molar refractivity (Wildman–Crippen MR) is 104 cm³/mol. The molecule has 0 atom stereocenters. The molecular weight excluding hydrogens is 322 g/mol. The Hall–Kier alpha value is -3.20. The van der Waals surface area contributed by atoms with Crippen LogP contribution in [-0.4, -0.2) is 4.98 Å². The molecule has 0 aliphatic carbocycles. The lowest BCUT2D eigenvalue weighted by molar-refractivity contribution is 0.516. The van der Waals surface area contributed by atoms with Gasteiger partial charge in [-0.3, -0.25) is 0 Å². The van der Waals surface area contributed by atoms with Crippen molar-refractivity contribution in [2.24, 2.45) is 0 Å². The number of nitrogens with zero attached hydrogens (tertiary/aromatic N) is 1. The lowest BCUT2D eigenvalue weighted by Crippen LogP contribution is -2.21. The maximum atomic E-state index is 12.9. The molecule has 128 valence electrons. The third-order valence-electron chi connectivity index (χ3n) is 4.85. The molecule has 1 aromatic heterocycles. The van der Waals surface area contributed by atoms with E-state index in [9.17, 15) is 4.79 Å². The Morgan fingerprint density at radius 3 is 2.15 bits per heavy atom. The molecule has 4 aromatic rings. The highest BCUT2D eigenvalue weighted by atomic mass is 16.4. The van der Waals surface area contributed by atoms with Crippen LogP contribution in [-0.2, 0) is 5.41 Å². The Bertz CT molecular complexity index is 1110. The minimum absolute atomic E-state index is 0.342. The topological polar surface area (TPSA) is 43.1 Å². The molecule has 3 aromatic carbocycles. The summed E-state index contributed by atoms with van der Waals surface area (Å²) in [6.07, 6.45) is 0. The van der Waals surface area contributed by atoms with E-state index in [4.69, 9.17) is 4.42 Å². The molecule has 0 saturated carbocycles. The lowest BCUT2D eigenvalue weighted by atomic mass is 9.77. The van der Waals surface area contributed by atoms with Crippen LogP contribution in [0.5, 0.6) is 0 Å². The van der Waals surface area contributed by atoms with Crippen molar-refractivity contribution in [3.8, 4) is 11.5 Å². The summed E-state index contributed by atoms with van der Waals surface area (Å²) in [4.78, 5) is 17.5. The summed E-state index contributed by atoms with van der Waals surface area (Å²) in [6.45, 7) is 4.23. The van der Waals surface area contributed by atoms with Crippen LogP contribution in [0.2, 0.25) is 0 Å². The van der Waals surface area contributed by atoms with Gasteiger partial charge in [-0.25, -0.2) is 9.78 Å². The molecule has 0 radical (unpaired) electrons. The summed E-state index contributed by atoms with van der Waals surface area (Å²) in [5.41, 5.74) is 2.81. The Balaban J connectivity index is 1.95. The van der Waals surface area contributed by atoms with Gasteiger partial charge in [0.05, 0.1) is 10.9 Å². The highest BCUT2D eigenvalue weighted by Crippen LogP contribution is 2.34. The van der Waals surface area contributed by atoms with E-state index >= 15 is 0 Å². The van der Waals surface area contributed by atoms with E-state index < -0.39 is 0 Å². The number of aromatic nitrogens is 1. The first kappa shape index (κ1) is 16.3. The fraction of sp³-hybridized carbons (Fsp3) is 0.130. The first-order valence-corrected chi connectivity index (χ1v) is 8.62. The second-order valence-corrected chi connectivity index (χ2v) is 6.86. The van der Waals surface area contributed by atoms with Crippen molar-refractivity contribution >= 4 is 10.9 Å². The standard InChI is InChI=1S/C23H19NO2/c1-23(2,17-12-7-4-8-13-17)18-14-9-15-19-20(18)22(25)26-21(24-19)16-10-5-3-6-11-16/h3-15H,1-2H3. The summed E-state index contributed by atoms with van der Waals surface area (Å²) in [5, 5.41) is 0.543. The van der Waals surface area contributed by atoms with Gasteiger partial charge in [0, 0.05) is 11.0 Å². The van der Waals surface area contributed by atoms with Crippen LogP contribution >= 0.6 is 0 Å². The number of hydrogen-bond acceptors (Lipinski definition) is 3. The minimum Gasteiger partial charge on any atom is -0.403 e. The van der Waals surface area contributed by atoms with E-state index in [-0.39, 0.29) is 11.0 Å². The van der Waals surface area contributed by atoms with Crippen LogP contribution < -0.4 is 5.63 Å². The van der Waals surface area contributed by atoms with Crippen LogP contribution in [0.25, 0.3) is 22.4 Å². The van der Waals surface area contributed by atoms with Crippen molar-refractivity contribution in [1.82, 2.24) is 4.98 Å². The average molecular weight is 341 g/mol. The SMILES string of the molecule is CC(C)(c1ccccc1)c1cccc2nc(-c3ccccc3)oc(=O)c12. The second kappa shape index (κ2) is 6.26. The van der Waals surface area contributed by atoms with Crippen molar-refractivity contribution in [3.63, 3.8) is 0 Å². The molecule has 0 amide bonds. The Kier molecular flexibility index (Phi) is 3.92. The molecule has 0 spiro atoms. The molecule has 3 heteroatoms. The lowest BCUT2D eigenvalue weighted by Gasteiger charge is -2.26. The Morgan fingerprint density at radius 1 is 0.808 bits per heavy atom. The first-order chi connectivity index (χ1) is 12.6. The highest BCUT2D eigenvalue weighted by Gasteiger charge is 2.27. The zero-order valence-corrected chi connectivity index (χ0v) is 14.8. The Morgan fingerprint density at radius 2 is 1.46 bits per heavy atom. The maximum absolute atomic E-state index is 12.9. The molecule has 1 heterocycles. The van der Waals surface area contributed by atoms with E-state index in [1.165, 1.54) is 0 Å². The third kappa shape index (κ3) is 2.72. The maximum Gasteiger partial charge on any atom is 0.347 e. The van der Waals surface area contributed by atoms with Crippen LogP contribution in [0.1, 0.15) is 25.0 Å². The predicted octanol–water partition coefficient (Wildman–Crippen LogP) is 5.18. The fourth-order valence-electron chi connectivity index (χ4n) is 3.35. The summed E-state index contributed by atoms with van der Waals surface area (Å²) >= 11 is 0. The Labute approximate surface area is 152 Å². The second-order valence-electron chi connectivity index (χ2n) is 6.86. The fourth-order valence-corrected chi connectivity index (χ4v) is 3.35. The van der Waals surface area contributed by atoms with Gasteiger partial charge in [0.2, 0.25) is 5.89 Å². The van der Waals surface area contributed by atoms with Crippen molar-refractivity contribution in [2.45, 2.75) is 19.3 Å². The molecule has 3 nitrogen and oxygen atoms in total. The van der Waals surface area contributed by atoms with Crippen molar-refractivity contribution in [1.29, 1.82) is 0 Å². The van der Waals surface area contributed by atoms with E-state index in [1.807, 2.05) is 66.7 Å². The van der Waals surface area contributed by atoms with E-state index in [1.54, 1.807) is 0 Å². The van der Waals surface area contributed by atoms with Gasteiger partial charge >= 0.3 is 5.63 Å². The van der Waals surface area contributed by atoms with Gasteiger partial charge in [-0.1, -0.05) is 74.5 Å². The smallest absolute Gasteiger partial charge is 0.347 e. The number of rotatable bonds is 3. The monoisotopic (exact) mass is 341 g/mol. The van der Waals surface area contributed by atoms with Gasteiger partial charge < -0.3 is 4.42 Å². The van der Waals surface area contributed by atoms with Crippen LogP contribution in [0.15, 0.2) is 88.1 Å². The molecule has 0 bridgehead atoms. The normalized spacial score (nSPS) is 11.6. The van der Waals surface area contributed by atoms with E-state index in [0.29, 0.717) is 16.8 Å². The molecular formula is C23H19NO2. The molecule has 0 saturated heterocycles. The number of benzene rings is 3. The van der Waals surface area contributed by atoms with Gasteiger partial charge in [0.25, 0.3) is 0 Å². The van der Waals surface area contributed by atoms with Crippen molar-refractivity contribution in [2.75, 3.05) is 0 Å². The largest absolute Gasteiger partial charge is 0.403 e. The molecule has 0 unspecified atom stereocenters. The van der Waals surface area contributed by atoms with Crippen LogP contribution in [0.4, 0.5) is 0 Å². The molecule has 26 heavy (non-hydrogen) atoms. The van der Waals surface area contributed by atoms with Crippen molar-refractivity contribution in [3.05, 3.63) is 100 Å². The molecule has 4 rings (SSSR count). The zero-order valence-electron chi connectivity index (χ0n) is 14.8. The first-order valence-electron chi connectivity index (χ1n) is 8.62. The van der Waals surface area contributed by atoms with Crippen molar-refractivity contribution < 1.29 is 4.42 Å². The average Bonchev–Trinajstić information content (AvgIpc) is 2.69. The highest BCUT2D eigenvalue weighted by molar-refractivity contribution is 5.83. The molecule has 0 aliphatic rings. The van der Waals surface area contributed by atoms with Gasteiger partial charge in [-0.15, -0.1) is 0 Å². The van der Waals surface area contributed by atoms with Gasteiger partial charge in [-0.05, 0) is 29.3 Å². The molecule has 0 aliphatic heterocycles. The summed E-state index contributed by atoms with van der Waals surface area (Å²) in [7, 11) is 0. The van der Waals surface area contributed by atoms with E-state index in [0.717, 1.165) is 16.7 Å². The van der Waals surface area contributed by atoms with E-state index in [2.05, 4.69) is 31.0 Å². The summed E-state index contributed by atoms with van der Waals surface area (Å²) in [5.74, 6) is 0.345. The zero-order chi connectivity index (χ0) is 18.1. The van der Waals surface area contributed by atoms with Gasteiger partial charge in [0.1, 0.15) is 0 Å². The summed E-state index contributed by atoms with van der Waals surface area (Å²) in [6, 6.07) is 25.4. The summed E-state index contributed by atoms with van der Waals surface area (Å²) < 4.78 is 5.58. The molecule has 0 fully saturated rings.